The van der Waals surface area contributed by atoms with Gasteiger partial charge >= 0.3 is 5.97 Å². The number of esters is 1. The molecule has 0 aromatic carbocycles. The number of hydrogen-bond acceptors (Lipinski definition) is 2. The summed E-state index contributed by atoms with van der Waals surface area (Å²) in [5, 5.41) is 0. The van der Waals surface area contributed by atoms with Crippen molar-refractivity contribution in [2.45, 2.75) is 58.8 Å². The summed E-state index contributed by atoms with van der Waals surface area (Å²) in [6.45, 7) is 10.1. The van der Waals surface area contributed by atoms with E-state index in [1.165, 1.54) is 44.1 Å². The Morgan fingerprint density at radius 3 is 2.76 bits per heavy atom. The lowest BCUT2D eigenvalue weighted by atomic mass is 9.41. The van der Waals surface area contributed by atoms with Gasteiger partial charge in [0.05, 0.1) is 12.5 Å². The zero-order chi connectivity index (χ0) is 14.8. The SMILES string of the molecule is C=C1CCC[C@]2(C)[C@H]3CC[C@H]4C(=O)OC[C@H]4[C@]3(C)CC[C@@H]12. The van der Waals surface area contributed by atoms with Crippen molar-refractivity contribution in [2.24, 2.45) is 34.5 Å². The molecule has 0 bridgehead atoms. The van der Waals surface area contributed by atoms with E-state index in [4.69, 9.17) is 4.74 Å². The van der Waals surface area contributed by atoms with Crippen LogP contribution >= 0.6 is 0 Å². The smallest absolute Gasteiger partial charge is 0.309 e. The molecular formula is C19H28O2. The Kier molecular flexibility index (Phi) is 2.88. The Morgan fingerprint density at radius 1 is 1.14 bits per heavy atom. The van der Waals surface area contributed by atoms with Gasteiger partial charge in [0.1, 0.15) is 0 Å². The van der Waals surface area contributed by atoms with Gasteiger partial charge < -0.3 is 4.74 Å². The van der Waals surface area contributed by atoms with E-state index in [2.05, 4.69) is 20.4 Å². The molecule has 3 aliphatic carbocycles. The molecule has 1 aliphatic heterocycles. The summed E-state index contributed by atoms with van der Waals surface area (Å²) >= 11 is 0. The minimum atomic E-state index is 0.0833. The van der Waals surface area contributed by atoms with E-state index in [1.807, 2.05) is 0 Å². The third-order valence-corrected chi connectivity index (χ3v) is 7.87. The van der Waals surface area contributed by atoms with Crippen LogP contribution in [-0.4, -0.2) is 12.6 Å². The van der Waals surface area contributed by atoms with Crippen molar-refractivity contribution in [3.8, 4) is 0 Å². The highest BCUT2D eigenvalue weighted by atomic mass is 16.5. The van der Waals surface area contributed by atoms with Crippen molar-refractivity contribution in [2.75, 3.05) is 6.61 Å². The molecule has 21 heavy (non-hydrogen) atoms. The van der Waals surface area contributed by atoms with E-state index in [0.717, 1.165) is 18.3 Å². The Labute approximate surface area is 128 Å². The predicted molar refractivity (Wildman–Crippen MR) is 82.6 cm³/mol. The van der Waals surface area contributed by atoms with Crippen molar-refractivity contribution in [3.63, 3.8) is 0 Å². The molecular weight excluding hydrogens is 260 g/mol. The normalized spacial score (nSPS) is 52.7. The largest absolute Gasteiger partial charge is 0.465 e. The highest BCUT2D eigenvalue weighted by Crippen LogP contribution is 2.67. The number of fused-ring (bicyclic) bond motifs is 5. The van der Waals surface area contributed by atoms with E-state index in [0.29, 0.717) is 23.4 Å². The quantitative estimate of drug-likeness (QED) is 0.489. The van der Waals surface area contributed by atoms with Gasteiger partial charge in [-0.3, -0.25) is 4.79 Å². The van der Waals surface area contributed by atoms with Crippen LogP contribution in [0.3, 0.4) is 0 Å². The second-order valence-corrected chi connectivity index (χ2v) is 8.59. The minimum absolute atomic E-state index is 0.0833. The number of hydrogen-bond donors (Lipinski definition) is 0. The van der Waals surface area contributed by atoms with E-state index < -0.39 is 0 Å². The van der Waals surface area contributed by atoms with Crippen LogP contribution in [0.25, 0.3) is 0 Å². The zero-order valence-electron chi connectivity index (χ0n) is 13.5. The first-order valence-electron chi connectivity index (χ1n) is 8.81. The van der Waals surface area contributed by atoms with Crippen LogP contribution in [0.1, 0.15) is 58.8 Å². The lowest BCUT2D eigenvalue weighted by Gasteiger charge is -2.62. The van der Waals surface area contributed by atoms with Gasteiger partial charge in [-0.05, 0) is 67.6 Å². The average molecular weight is 288 g/mol. The molecule has 1 saturated heterocycles. The Bertz CT molecular complexity index is 496. The molecule has 3 saturated carbocycles. The molecule has 0 radical (unpaired) electrons. The molecule has 4 aliphatic rings. The van der Waals surface area contributed by atoms with Crippen LogP contribution in [0.15, 0.2) is 12.2 Å². The van der Waals surface area contributed by atoms with E-state index in [1.54, 1.807) is 0 Å². The third-order valence-electron chi connectivity index (χ3n) is 7.87. The number of carbonyl (C=O) groups excluding carboxylic acids is 1. The first-order chi connectivity index (χ1) is 9.97. The molecule has 0 N–H and O–H groups in total. The molecule has 2 heteroatoms. The summed E-state index contributed by atoms with van der Waals surface area (Å²) in [6, 6.07) is 0. The maximum absolute atomic E-state index is 12.0. The van der Waals surface area contributed by atoms with Gasteiger partial charge in [-0.2, -0.15) is 0 Å². The van der Waals surface area contributed by atoms with E-state index >= 15 is 0 Å². The molecule has 2 nitrogen and oxygen atoms in total. The number of ether oxygens (including phenoxy) is 1. The predicted octanol–water partition coefficient (Wildman–Crippen LogP) is 4.35. The second kappa shape index (κ2) is 4.36. The van der Waals surface area contributed by atoms with Gasteiger partial charge in [0.15, 0.2) is 0 Å². The molecule has 4 fully saturated rings. The van der Waals surface area contributed by atoms with Crippen LogP contribution in [0.4, 0.5) is 0 Å². The molecule has 0 aromatic rings. The summed E-state index contributed by atoms with van der Waals surface area (Å²) in [5.74, 6) is 2.21. The van der Waals surface area contributed by atoms with E-state index in [-0.39, 0.29) is 11.9 Å². The van der Waals surface area contributed by atoms with Crippen molar-refractivity contribution in [1.82, 2.24) is 0 Å². The molecule has 116 valence electrons. The fourth-order valence-electron chi connectivity index (χ4n) is 6.82. The van der Waals surface area contributed by atoms with Crippen LogP contribution in [0, 0.1) is 34.5 Å². The van der Waals surface area contributed by atoms with Crippen LogP contribution in [0.5, 0.6) is 0 Å². The highest BCUT2D eigenvalue weighted by Gasteiger charge is 2.62. The Morgan fingerprint density at radius 2 is 1.95 bits per heavy atom. The zero-order valence-corrected chi connectivity index (χ0v) is 13.5. The molecule has 0 unspecified atom stereocenters. The maximum Gasteiger partial charge on any atom is 0.309 e. The Balaban J connectivity index is 1.72. The monoisotopic (exact) mass is 288 g/mol. The van der Waals surface area contributed by atoms with Gasteiger partial charge in [0.25, 0.3) is 0 Å². The number of carbonyl (C=O) groups is 1. The minimum Gasteiger partial charge on any atom is -0.465 e. The lowest BCUT2D eigenvalue weighted by Crippen LogP contribution is -2.56. The summed E-state index contributed by atoms with van der Waals surface area (Å²) in [6.07, 6.45) is 8.70. The summed E-state index contributed by atoms with van der Waals surface area (Å²) in [5.41, 5.74) is 2.23. The van der Waals surface area contributed by atoms with Crippen molar-refractivity contribution >= 4 is 5.97 Å². The summed E-state index contributed by atoms with van der Waals surface area (Å²) in [7, 11) is 0. The molecule has 0 spiro atoms. The van der Waals surface area contributed by atoms with Gasteiger partial charge in [0.2, 0.25) is 0 Å². The first kappa shape index (κ1) is 13.8. The molecule has 0 aromatic heterocycles. The maximum atomic E-state index is 12.0. The highest BCUT2D eigenvalue weighted by molar-refractivity contribution is 5.75. The fourth-order valence-corrected chi connectivity index (χ4v) is 6.82. The fraction of sp³-hybridized carbons (Fsp3) is 0.842. The number of cyclic esters (lactones) is 1. The second-order valence-electron chi connectivity index (χ2n) is 8.59. The third kappa shape index (κ3) is 1.68. The summed E-state index contributed by atoms with van der Waals surface area (Å²) < 4.78 is 5.45. The van der Waals surface area contributed by atoms with E-state index in [9.17, 15) is 4.79 Å². The number of rotatable bonds is 0. The van der Waals surface area contributed by atoms with Crippen molar-refractivity contribution in [1.29, 1.82) is 0 Å². The standard InChI is InChI=1S/C19H28O2/c1-12-5-4-9-18(2)14(12)8-10-19(3)15-11-21-17(20)13(15)6-7-16(18)19/h13-16H,1,4-11H2,2-3H3/t13-,14+,15-,16-,18+,19+/m1/s1. The lowest BCUT2D eigenvalue weighted by molar-refractivity contribution is -0.145. The van der Waals surface area contributed by atoms with Gasteiger partial charge in [0, 0.05) is 5.92 Å². The summed E-state index contributed by atoms with van der Waals surface area (Å²) in [4.78, 5) is 12.0. The first-order valence-corrected chi connectivity index (χ1v) is 8.81. The van der Waals surface area contributed by atoms with Gasteiger partial charge in [-0.15, -0.1) is 0 Å². The average Bonchev–Trinajstić information content (AvgIpc) is 2.81. The van der Waals surface area contributed by atoms with Crippen LogP contribution in [0.2, 0.25) is 0 Å². The topological polar surface area (TPSA) is 26.3 Å². The van der Waals surface area contributed by atoms with Crippen molar-refractivity contribution < 1.29 is 9.53 Å². The number of allylic oxidation sites excluding steroid dienone is 1. The molecule has 6 atom stereocenters. The molecule has 1 heterocycles. The molecule has 0 amide bonds. The van der Waals surface area contributed by atoms with Gasteiger partial charge in [-0.1, -0.05) is 26.0 Å². The van der Waals surface area contributed by atoms with Gasteiger partial charge in [-0.25, -0.2) is 0 Å². The van der Waals surface area contributed by atoms with Crippen LogP contribution in [-0.2, 0) is 9.53 Å². The molecule has 4 rings (SSSR count). The Hall–Kier alpha value is -0.790. The van der Waals surface area contributed by atoms with Crippen LogP contribution < -0.4 is 0 Å². The van der Waals surface area contributed by atoms with Crippen molar-refractivity contribution in [3.05, 3.63) is 12.2 Å².